The summed E-state index contributed by atoms with van der Waals surface area (Å²) >= 11 is 0. The molecule has 2 rings (SSSR count). The first-order chi connectivity index (χ1) is 13.4. The van der Waals surface area contributed by atoms with Crippen LogP contribution in [0.15, 0.2) is 23.3 Å². The van der Waals surface area contributed by atoms with E-state index in [-0.39, 0.29) is 5.88 Å². The molecule has 1 aliphatic heterocycles. The summed E-state index contributed by atoms with van der Waals surface area (Å²) in [5.41, 5.74) is 0.799. The highest BCUT2D eigenvalue weighted by Gasteiger charge is 2.28. The number of alkyl halides is 3. The van der Waals surface area contributed by atoms with Crippen molar-refractivity contribution in [2.45, 2.75) is 38.9 Å². The number of halogens is 3. The summed E-state index contributed by atoms with van der Waals surface area (Å²) in [6.07, 6.45) is 0.421. The topological polar surface area (TPSA) is 59.0 Å². The van der Waals surface area contributed by atoms with E-state index in [1.54, 1.807) is 6.07 Å². The molecule has 6 nitrogen and oxygen atoms in total. The number of rotatable bonds is 8. The number of pyridine rings is 1. The van der Waals surface area contributed by atoms with Gasteiger partial charge in [0, 0.05) is 45.6 Å². The zero-order valence-corrected chi connectivity index (χ0v) is 16.5. The Labute approximate surface area is 164 Å². The SMILES string of the molecule is CCNC(=NCc1ccc(OCC(F)(F)F)nc1)N(C)CCC1CCOCC1. The molecule has 1 aromatic rings. The van der Waals surface area contributed by atoms with Crippen LogP contribution in [0.1, 0.15) is 31.7 Å². The molecular formula is C19H29F3N4O2. The third-order valence-electron chi connectivity index (χ3n) is 4.50. The molecule has 158 valence electrons. The maximum absolute atomic E-state index is 12.2. The molecule has 0 amide bonds. The number of nitrogens with zero attached hydrogens (tertiary/aromatic N) is 3. The van der Waals surface area contributed by atoms with Gasteiger partial charge in [0.25, 0.3) is 0 Å². The molecule has 0 aliphatic carbocycles. The van der Waals surface area contributed by atoms with Crippen LogP contribution in [0.4, 0.5) is 13.2 Å². The van der Waals surface area contributed by atoms with Gasteiger partial charge < -0.3 is 19.7 Å². The normalized spacial score (nSPS) is 16.1. The van der Waals surface area contributed by atoms with E-state index in [0.717, 1.165) is 57.1 Å². The van der Waals surface area contributed by atoms with Gasteiger partial charge in [0.2, 0.25) is 5.88 Å². The quantitative estimate of drug-likeness (QED) is 0.534. The van der Waals surface area contributed by atoms with Gasteiger partial charge in [0.05, 0.1) is 6.54 Å². The highest BCUT2D eigenvalue weighted by atomic mass is 19.4. The van der Waals surface area contributed by atoms with Crippen molar-refractivity contribution in [3.63, 3.8) is 0 Å². The highest BCUT2D eigenvalue weighted by Crippen LogP contribution is 2.19. The average molecular weight is 402 g/mol. The Morgan fingerprint density at radius 1 is 1.36 bits per heavy atom. The molecule has 1 fully saturated rings. The monoisotopic (exact) mass is 402 g/mol. The Morgan fingerprint density at radius 3 is 2.71 bits per heavy atom. The van der Waals surface area contributed by atoms with Crippen molar-refractivity contribution in [3.8, 4) is 5.88 Å². The minimum atomic E-state index is -4.37. The zero-order chi connectivity index (χ0) is 20.4. The minimum Gasteiger partial charge on any atom is -0.468 e. The van der Waals surface area contributed by atoms with Gasteiger partial charge in [-0.1, -0.05) is 6.07 Å². The Morgan fingerprint density at radius 2 is 2.11 bits per heavy atom. The van der Waals surface area contributed by atoms with Crippen LogP contribution in [0.5, 0.6) is 5.88 Å². The first-order valence-corrected chi connectivity index (χ1v) is 9.59. The number of nitrogens with one attached hydrogen (secondary N) is 1. The molecule has 1 aliphatic rings. The smallest absolute Gasteiger partial charge is 0.422 e. The molecule has 1 saturated heterocycles. The number of guanidine groups is 1. The molecule has 1 N–H and O–H groups in total. The summed E-state index contributed by atoms with van der Waals surface area (Å²) in [6.45, 7) is 4.39. The van der Waals surface area contributed by atoms with Gasteiger partial charge in [-0.15, -0.1) is 0 Å². The largest absolute Gasteiger partial charge is 0.468 e. The number of aromatic nitrogens is 1. The number of hydrogen-bond donors (Lipinski definition) is 1. The first-order valence-electron chi connectivity index (χ1n) is 9.59. The second-order valence-corrected chi connectivity index (χ2v) is 6.84. The van der Waals surface area contributed by atoms with Gasteiger partial charge in [-0.05, 0) is 37.7 Å². The molecule has 0 bridgehead atoms. The Bertz CT molecular complexity index is 602. The lowest BCUT2D eigenvalue weighted by molar-refractivity contribution is -0.154. The molecule has 0 radical (unpaired) electrons. The van der Waals surface area contributed by atoms with E-state index in [4.69, 9.17) is 4.74 Å². The van der Waals surface area contributed by atoms with Crippen LogP contribution in [0, 0.1) is 5.92 Å². The van der Waals surface area contributed by atoms with Crippen LogP contribution in [-0.2, 0) is 11.3 Å². The van der Waals surface area contributed by atoms with Crippen molar-refractivity contribution in [1.82, 2.24) is 15.2 Å². The van der Waals surface area contributed by atoms with Gasteiger partial charge in [-0.25, -0.2) is 9.98 Å². The van der Waals surface area contributed by atoms with Crippen LogP contribution >= 0.6 is 0 Å². The third kappa shape index (κ3) is 8.33. The molecule has 0 saturated carbocycles. The Kier molecular flexibility index (Phi) is 8.82. The van der Waals surface area contributed by atoms with E-state index in [9.17, 15) is 13.2 Å². The van der Waals surface area contributed by atoms with E-state index in [2.05, 4.69) is 24.9 Å². The van der Waals surface area contributed by atoms with E-state index in [0.29, 0.717) is 12.5 Å². The van der Waals surface area contributed by atoms with Crippen molar-refractivity contribution in [2.75, 3.05) is 40.0 Å². The minimum absolute atomic E-state index is 0.0504. The molecule has 0 atom stereocenters. The van der Waals surface area contributed by atoms with Gasteiger partial charge in [0.15, 0.2) is 12.6 Å². The van der Waals surface area contributed by atoms with Crippen molar-refractivity contribution < 1.29 is 22.6 Å². The maximum Gasteiger partial charge on any atom is 0.422 e. The van der Waals surface area contributed by atoms with Crippen LogP contribution in [0.25, 0.3) is 0 Å². The summed E-state index contributed by atoms with van der Waals surface area (Å²) in [6, 6.07) is 3.10. The van der Waals surface area contributed by atoms with Gasteiger partial charge >= 0.3 is 6.18 Å². The maximum atomic E-state index is 12.2. The van der Waals surface area contributed by atoms with E-state index < -0.39 is 12.8 Å². The Balaban J connectivity index is 1.86. The predicted molar refractivity (Wildman–Crippen MR) is 101 cm³/mol. The predicted octanol–water partition coefficient (Wildman–Crippen LogP) is 3.24. The molecule has 1 aromatic heterocycles. The van der Waals surface area contributed by atoms with Crippen molar-refractivity contribution in [3.05, 3.63) is 23.9 Å². The van der Waals surface area contributed by atoms with Crippen LogP contribution in [0.3, 0.4) is 0 Å². The lowest BCUT2D eigenvalue weighted by Crippen LogP contribution is -2.40. The zero-order valence-electron chi connectivity index (χ0n) is 16.5. The fraction of sp³-hybridized carbons (Fsp3) is 0.684. The van der Waals surface area contributed by atoms with Crippen molar-refractivity contribution in [1.29, 1.82) is 0 Å². The lowest BCUT2D eigenvalue weighted by Gasteiger charge is -2.26. The highest BCUT2D eigenvalue weighted by molar-refractivity contribution is 5.79. The van der Waals surface area contributed by atoms with Gasteiger partial charge in [-0.2, -0.15) is 13.2 Å². The second-order valence-electron chi connectivity index (χ2n) is 6.84. The second kappa shape index (κ2) is 11.1. The number of ether oxygens (including phenoxy) is 2. The van der Waals surface area contributed by atoms with E-state index in [1.165, 1.54) is 12.3 Å². The summed E-state index contributed by atoms with van der Waals surface area (Å²) in [7, 11) is 2.01. The molecule has 28 heavy (non-hydrogen) atoms. The fourth-order valence-corrected chi connectivity index (χ4v) is 2.90. The van der Waals surface area contributed by atoms with E-state index >= 15 is 0 Å². The van der Waals surface area contributed by atoms with Gasteiger partial charge in [0.1, 0.15) is 0 Å². The van der Waals surface area contributed by atoms with E-state index in [1.807, 2.05) is 14.0 Å². The number of hydrogen-bond acceptors (Lipinski definition) is 4. The van der Waals surface area contributed by atoms with Crippen LogP contribution in [0.2, 0.25) is 0 Å². The molecule has 0 aromatic carbocycles. The fourth-order valence-electron chi connectivity index (χ4n) is 2.90. The first kappa shape index (κ1) is 22.3. The molecule has 2 heterocycles. The van der Waals surface area contributed by atoms with Crippen molar-refractivity contribution >= 4 is 5.96 Å². The molecule has 0 unspecified atom stereocenters. The molecule has 0 spiro atoms. The summed E-state index contributed by atoms with van der Waals surface area (Å²) in [5, 5.41) is 3.27. The van der Waals surface area contributed by atoms with Gasteiger partial charge in [-0.3, -0.25) is 0 Å². The standard InChI is InChI=1S/C19H29F3N4O2/c1-3-23-18(26(2)9-6-15-7-10-27-11-8-15)25-13-16-4-5-17(24-12-16)28-14-19(20,21)22/h4-5,12,15H,3,6-11,13-14H2,1-2H3,(H,23,25). The van der Waals surface area contributed by atoms with Crippen molar-refractivity contribution in [2.24, 2.45) is 10.9 Å². The van der Waals surface area contributed by atoms with Crippen LogP contribution in [-0.4, -0.2) is 62.0 Å². The third-order valence-corrected chi connectivity index (χ3v) is 4.50. The molecule has 9 heteroatoms. The summed E-state index contributed by atoms with van der Waals surface area (Å²) in [5.74, 6) is 1.44. The summed E-state index contributed by atoms with van der Waals surface area (Å²) < 4.78 is 46.5. The lowest BCUT2D eigenvalue weighted by atomic mass is 9.96. The Hall–Kier alpha value is -2.03. The van der Waals surface area contributed by atoms with Crippen LogP contribution < -0.4 is 10.1 Å². The average Bonchev–Trinajstić information content (AvgIpc) is 2.68. The molecular weight excluding hydrogens is 373 g/mol. The number of aliphatic imine (C=N–C) groups is 1. The summed E-state index contributed by atoms with van der Waals surface area (Å²) in [4.78, 5) is 10.6.